The maximum Gasteiger partial charge on any atom is 0.284 e. The van der Waals surface area contributed by atoms with E-state index in [1.54, 1.807) is 31.4 Å². The summed E-state index contributed by atoms with van der Waals surface area (Å²) in [4.78, 5) is 14.9. The molecule has 1 aliphatic heterocycles. The van der Waals surface area contributed by atoms with Crippen LogP contribution in [0.5, 0.6) is 11.5 Å². The number of carbonyl (C=O) groups excluding carboxylic acids is 1. The van der Waals surface area contributed by atoms with Crippen molar-refractivity contribution in [3.05, 3.63) is 70.1 Å². The number of ether oxygens (including phenoxy) is 2. The summed E-state index contributed by atoms with van der Waals surface area (Å²) < 4.78 is 42.0. The molecule has 1 amide bonds. The predicted octanol–water partition coefficient (Wildman–Crippen LogP) is 7.04. The first kappa shape index (κ1) is 30.0. The Bertz CT molecular complexity index is 1290. The molecule has 1 fully saturated rings. The van der Waals surface area contributed by atoms with E-state index in [0.717, 1.165) is 34.6 Å². The number of hydrogen-bond donors (Lipinski definition) is 0. The molecule has 2 aromatic carbocycles. The summed E-state index contributed by atoms with van der Waals surface area (Å²) in [6, 6.07) is 11.6. The van der Waals surface area contributed by atoms with Crippen LogP contribution in [-0.4, -0.2) is 44.7 Å². The molecule has 3 rings (SSSR count). The summed E-state index contributed by atoms with van der Waals surface area (Å²) in [5, 5.41) is 0.0807. The predicted molar refractivity (Wildman–Crippen MR) is 158 cm³/mol. The Morgan fingerprint density at radius 2 is 1.76 bits per heavy atom. The quantitative estimate of drug-likeness (QED) is 0.128. The van der Waals surface area contributed by atoms with Gasteiger partial charge in [0.25, 0.3) is 15.9 Å². The van der Waals surface area contributed by atoms with Gasteiger partial charge in [-0.1, -0.05) is 67.1 Å². The molecule has 0 N–H and O–H groups in total. The van der Waals surface area contributed by atoms with Gasteiger partial charge >= 0.3 is 0 Å². The van der Waals surface area contributed by atoms with Crippen molar-refractivity contribution in [3.8, 4) is 11.5 Å². The number of thioether (sulfide) groups is 1. The van der Waals surface area contributed by atoms with E-state index in [-0.39, 0.29) is 22.5 Å². The molecular formula is C28H33BrN2O5S2. The van der Waals surface area contributed by atoms with Crippen LogP contribution in [0.1, 0.15) is 51.0 Å². The molecule has 38 heavy (non-hydrogen) atoms. The zero-order valence-corrected chi connectivity index (χ0v) is 24.9. The minimum atomic E-state index is -4.01. The molecule has 10 heteroatoms. The van der Waals surface area contributed by atoms with Crippen molar-refractivity contribution in [1.29, 1.82) is 0 Å². The van der Waals surface area contributed by atoms with Crippen molar-refractivity contribution in [1.82, 2.24) is 4.90 Å². The van der Waals surface area contributed by atoms with Crippen LogP contribution in [-0.2, 0) is 14.8 Å². The number of amides is 1. The highest BCUT2D eigenvalue weighted by Gasteiger charge is 2.34. The Hall–Kier alpha value is -2.56. The van der Waals surface area contributed by atoms with Gasteiger partial charge in [-0.05, 0) is 66.2 Å². The van der Waals surface area contributed by atoms with Crippen LogP contribution in [0.25, 0.3) is 6.08 Å². The van der Waals surface area contributed by atoms with Gasteiger partial charge in [0.1, 0.15) is 0 Å². The van der Waals surface area contributed by atoms with Crippen LogP contribution in [0.15, 0.2) is 73.8 Å². The number of sulfonamides is 1. The number of carbonyl (C=O) groups is 1. The number of amidine groups is 1. The SMILES string of the molecule is C=CCN1C(=O)C(=Cc2ccc(OC)c(OCCCCCCCC)c2)SC1=NS(=O)(=O)c1ccc(Br)cc1. The van der Waals surface area contributed by atoms with E-state index < -0.39 is 10.0 Å². The van der Waals surface area contributed by atoms with Crippen molar-refractivity contribution in [2.24, 2.45) is 4.40 Å². The third-order valence-electron chi connectivity index (χ3n) is 5.75. The Kier molecular flexibility index (Phi) is 11.5. The van der Waals surface area contributed by atoms with E-state index >= 15 is 0 Å². The molecule has 0 aromatic heterocycles. The lowest BCUT2D eigenvalue weighted by atomic mass is 10.1. The lowest BCUT2D eigenvalue weighted by molar-refractivity contribution is -0.121. The van der Waals surface area contributed by atoms with Crippen molar-refractivity contribution < 1.29 is 22.7 Å². The highest BCUT2D eigenvalue weighted by atomic mass is 79.9. The first-order chi connectivity index (χ1) is 18.3. The molecule has 0 spiro atoms. The molecule has 0 atom stereocenters. The van der Waals surface area contributed by atoms with E-state index in [1.165, 1.54) is 48.8 Å². The fraction of sp³-hybridized carbons (Fsp3) is 0.357. The van der Waals surface area contributed by atoms with Crippen molar-refractivity contribution in [2.75, 3.05) is 20.3 Å². The molecule has 1 aliphatic rings. The van der Waals surface area contributed by atoms with Gasteiger partial charge in [-0.15, -0.1) is 11.0 Å². The number of benzene rings is 2. The van der Waals surface area contributed by atoms with Crippen LogP contribution in [0, 0.1) is 0 Å². The smallest absolute Gasteiger partial charge is 0.284 e. The summed E-state index contributed by atoms with van der Waals surface area (Å²) in [6.07, 6.45) is 10.2. The number of rotatable bonds is 14. The molecule has 0 radical (unpaired) electrons. The van der Waals surface area contributed by atoms with Gasteiger partial charge in [0.05, 0.1) is 23.5 Å². The van der Waals surface area contributed by atoms with Gasteiger partial charge in [0.2, 0.25) is 0 Å². The van der Waals surface area contributed by atoms with Crippen LogP contribution < -0.4 is 9.47 Å². The summed E-state index contributed by atoms with van der Waals surface area (Å²) in [5.41, 5.74) is 0.732. The highest BCUT2D eigenvalue weighted by molar-refractivity contribution is 9.10. The third-order valence-corrected chi connectivity index (χ3v) is 8.68. The van der Waals surface area contributed by atoms with E-state index in [9.17, 15) is 13.2 Å². The first-order valence-electron chi connectivity index (χ1n) is 12.5. The fourth-order valence-electron chi connectivity index (χ4n) is 3.74. The second-order valence-corrected chi connectivity index (χ2v) is 12.2. The third kappa shape index (κ3) is 8.22. The van der Waals surface area contributed by atoms with Gasteiger partial charge in [-0.25, -0.2) is 0 Å². The maximum absolute atomic E-state index is 13.2. The molecule has 0 unspecified atom stereocenters. The number of halogens is 1. The van der Waals surface area contributed by atoms with Gasteiger partial charge in [0.15, 0.2) is 16.7 Å². The van der Waals surface area contributed by atoms with Crippen LogP contribution >= 0.6 is 27.7 Å². The van der Waals surface area contributed by atoms with Gasteiger partial charge in [0, 0.05) is 11.0 Å². The first-order valence-corrected chi connectivity index (χ1v) is 15.6. The van der Waals surface area contributed by atoms with Crippen molar-refractivity contribution in [3.63, 3.8) is 0 Å². The zero-order valence-electron chi connectivity index (χ0n) is 21.7. The topological polar surface area (TPSA) is 85.3 Å². The lowest BCUT2D eigenvalue weighted by Gasteiger charge is -2.12. The molecule has 7 nitrogen and oxygen atoms in total. The Morgan fingerprint density at radius 1 is 1.05 bits per heavy atom. The van der Waals surface area contributed by atoms with Crippen LogP contribution in [0.4, 0.5) is 0 Å². The summed E-state index contributed by atoms with van der Waals surface area (Å²) in [6.45, 7) is 6.60. The lowest BCUT2D eigenvalue weighted by Crippen LogP contribution is -2.29. The summed E-state index contributed by atoms with van der Waals surface area (Å²) in [7, 11) is -2.43. The van der Waals surface area contributed by atoms with Gasteiger partial charge < -0.3 is 9.47 Å². The van der Waals surface area contributed by atoms with Gasteiger partial charge in [-0.3, -0.25) is 9.69 Å². The molecule has 1 heterocycles. The summed E-state index contributed by atoms with van der Waals surface area (Å²) in [5.74, 6) is 0.866. The monoisotopic (exact) mass is 620 g/mol. The Morgan fingerprint density at radius 3 is 2.45 bits per heavy atom. The molecule has 204 valence electrons. The van der Waals surface area contributed by atoms with E-state index in [1.807, 2.05) is 12.1 Å². The molecule has 2 aromatic rings. The minimum Gasteiger partial charge on any atom is -0.493 e. The Labute approximate surface area is 238 Å². The van der Waals surface area contributed by atoms with E-state index in [2.05, 4.69) is 33.8 Å². The number of hydrogen-bond acceptors (Lipinski definition) is 6. The van der Waals surface area contributed by atoms with Crippen molar-refractivity contribution >= 4 is 54.9 Å². The number of nitrogens with zero attached hydrogens (tertiary/aromatic N) is 2. The van der Waals surface area contributed by atoms with Crippen LogP contribution in [0.3, 0.4) is 0 Å². The standard InChI is InChI=1S/C28H33BrN2O5S2/c1-4-6-7-8-9-10-18-36-25-19-21(11-16-24(25)35-3)20-26-27(32)31(17-5-2)28(37-26)30-38(33,34)23-14-12-22(29)13-15-23/h5,11-16,19-20H,2,4,6-10,17-18H2,1,3H3. The molecule has 0 aliphatic carbocycles. The largest absolute Gasteiger partial charge is 0.493 e. The zero-order chi connectivity index (χ0) is 27.5. The van der Waals surface area contributed by atoms with Crippen LogP contribution in [0.2, 0.25) is 0 Å². The normalized spacial score (nSPS) is 15.9. The van der Waals surface area contributed by atoms with E-state index in [0.29, 0.717) is 23.0 Å². The maximum atomic E-state index is 13.2. The minimum absolute atomic E-state index is 0.0412. The average Bonchev–Trinajstić information content (AvgIpc) is 3.17. The average molecular weight is 622 g/mol. The number of methoxy groups -OCH3 is 1. The summed E-state index contributed by atoms with van der Waals surface area (Å²) >= 11 is 4.31. The van der Waals surface area contributed by atoms with Crippen molar-refractivity contribution in [2.45, 2.75) is 50.3 Å². The van der Waals surface area contributed by atoms with Gasteiger partial charge in [-0.2, -0.15) is 8.42 Å². The molecule has 0 bridgehead atoms. The second-order valence-electron chi connectivity index (χ2n) is 8.64. The number of unbranched alkanes of at least 4 members (excludes halogenated alkanes) is 5. The second kappa shape index (κ2) is 14.6. The molecular weight excluding hydrogens is 588 g/mol. The fourth-order valence-corrected chi connectivity index (χ4v) is 6.19. The molecule has 1 saturated heterocycles. The Balaban J connectivity index is 1.80. The van der Waals surface area contributed by atoms with E-state index in [4.69, 9.17) is 9.47 Å². The highest BCUT2D eigenvalue weighted by Crippen LogP contribution is 2.35. The molecule has 0 saturated carbocycles.